The predicted octanol–water partition coefficient (Wildman–Crippen LogP) is 3.60. The molecule has 0 bridgehead atoms. The van der Waals surface area contributed by atoms with E-state index in [0.717, 1.165) is 42.5 Å². The number of sulfonamides is 1. The molecule has 0 radical (unpaired) electrons. The third-order valence-corrected chi connectivity index (χ3v) is 5.23. The van der Waals surface area contributed by atoms with E-state index in [1.807, 2.05) is 0 Å². The van der Waals surface area contributed by atoms with E-state index in [-0.39, 0.29) is 17.2 Å². The van der Waals surface area contributed by atoms with E-state index in [0.29, 0.717) is 10.4 Å². The molecule has 5 nitrogen and oxygen atoms in total. The van der Waals surface area contributed by atoms with Gasteiger partial charge in [-0.3, -0.25) is 9.10 Å². The lowest BCUT2D eigenvalue weighted by Crippen LogP contribution is -2.36. The summed E-state index contributed by atoms with van der Waals surface area (Å²) in [5.41, 5.74) is -1.45. The van der Waals surface area contributed by atoms with E-state index in [2.05, 4.69) is 0 Å². The zero-order valence-corrected chi connectivity index (χ0v) is 14.8. The van der Waals surface area contributed by atoms with Crippen LogP contribution in [0.5, 0.6) is 0 Å². The average Bonchev–Trinajstić information content (AvgIpc) is 2.59. The Bertz CT molecular complexity index is 911. The molecule has 0 aliphatic heterocycles. The van der Waals surface area contributed by atoms with Gasteiger partial charge in [0.1, 0.15) is 12.4 Å². The predicted molar refractivity (Wildman–Crippen MR) is 89.0 cm³/mol. The number of carbonyl (C=O) groups excluding carboxylic acids is 1. The summed E-state index contributed by atoms with van der Waals surface area (Å²) >= 11 is 0. The zero-order valence-electron chi connectivity index (χ0n) is 14.0. The molecule has 0 fully saturated rings. The third-order valence-electron chi connectivity index (χ3n) is 3.44. The first kappa shape index (κ1) is 20.7. The maximum atomic E-state index is 13.1. The molecule has 0 aliphatic carbocycles. The van der Waals surface area contributed by atoms with Gasteiger partial charge < -0.3 is 4.74 Å². The van der Waals surface area contributed by atoms with Crippen molar-refractivity contribution >= 4 is 21.7 Å². The molecular weight excluding hydrogens is 390 g/mol. The molecule has 0 saturated carbocycles. The van der Waals surface area contributed by atoms with Crippen LogP contribution in [-0.2, 0) is 25.7 Å². The first-order chi connectivity index (χ1) is 12.6. The van der Waals surface area contributed by atoms with Gasteiger partial charge in [-0.2, -0.15) is 13.2 Å². The molecule has 0 saturated heterocycles. The number of carbonyl (C=O) groups is 1. The van der Waals surface area contributed by atoms with Crippen molar-refractivity contribution in [3.63, 3.8) is 0 Å². The second-order valence-electron chi connectivity index (χ2n) is 5.32. The maximum absolute atomic E-state index is 13.1. The van der Waals surface area contributed by atoms with E-state index in [4.69, 9.17) is 4.74 Å². The maximum Gasteiger partial charge on any atom is 0.416 e. The summed E-state index contributed by atoms with van der Waals surface area (Å²) < 4.78 is 82.9. The summed E-state index contributed by atoms with van der Waals surface area (Å²) in [5, 5.41) is 0. The molecule has 10 heteroatoms. The first-order valence-electron chi connectivity index (χ1n) is 7.67. The van der Waals surface area contributed by atoms with Crippen LogP contribution in [0.4, 0.5) is 23.2 Å². The molecule has 0 atom stereocenters. The Hall–Kier alpha value is -2.62. The summed E-state index contributed by atoms with van der Waals surface area (Å²) in [6.07, 6.45) is -4.70. The fourth-order valence-corrected chi connectivity index (χ4v) is 3.61. The van der Waals surface area contributed by atoms with Crippen LogP contribution in [0.15, 0.2) is 53.4 Å². The molecular formula is C17H15F4NO4S. The van der Waals surface area contributed by atoms with Gasteiger partial charge in [0.2, 0.25) is 0 Å². The highest BCUT2D eigenvalue weighted by atomic mass is 32.2. The number of rotatable bonds is 6. The van der Waals surface area contributed by atoms with Gasteiger partial charge >= 0.3 is 12.1 Å². The molecule has 0 aromatic heterocycles. The van der Waals surface area contributed by atoms with Crippen molar-refractivity contribution in [1.29, 1.82) is 0 Å². The van der Waals surface area contributed by atoms with Gasteiger partial charge in [-0.05, 0) is 49.4 Å². The molecule has 0 N–H and O–H groups in total. The van der Waals surface area contributed by atoms with Gasteiger partial charge in [-0.25, -0.2) is 12.8 Å². The quantitative estimate of drug-likeness (QED) is 0.544. The van der Waals surface area contributed by atoms with Crippen LogP contribution in [0.3, 0.4) is 0 Å². The molecule has 146 valence electrons. The fourth-order valence-electron chi connectivity index (χ4n) is 2.21. The lowest BCUT2D eigenvalue weighted by atomic mass is 10.2. The van der Waals surface area contributed by atoms with Crippen LogP contribution < -0.4 is 4.31 Å². The number of anilines is 1. The van der Waals surface area contributed by atoms with E-state index >= 15 is 0 Å². The van der Waals surface area contributed by atoms with Crippen molar-refractivity contribution in [3.8, 4) is 0 Å². The van der Waals surface area contributed by atoms with Crippen molar-refractivity contribution in [2.45, 2.75) is 18.0 Å². The highest BCUT2D eigenvalue weighted by molar-refractivity contribution is 7.92. The zero-order chi connectivity index (χ0) is 20.2. The van der Waals surface area contributed by atoms with Crippen LogP contribution in [0.1, 0.15) is 12.5 Å². The van der Waals surface area contributed by atoms with Crippen molar-refractivity contribution in [3.05, 3.63) is 59.9 Å². The van der Waals surface area contributed by atoms with Crippen LogP contribution in [0, 0.1) is 5.82 Å². The minimum absolute atomic E-state index is 0.0359. The third kappa shape index (κ3) is 4.97. The number of nitrogens with zero attached hydrogens (tertiary/aromatic N) is 1. The Labute approximate surface area is 153 Å². The molecule has 0 heterocycles. The molecule has 2 aromatic carbocycles. The fraction of sp³-hybridized carbons (Fsp3) is 0.235. The number of halogens is 4. The topological polar surface area (TPSA) is 63.7 Å². The van der Waals surface area contributed by atoms with Crippen molar-refractivity contribution in [1.82, 2.24) is 0 Å². The van der Waals surface area contributed by atoms with Crippen LogP contribution in [0.25, 0.3) is 0 Å². The van der Waals surface area contributed by atoms with Crippen LogP contribution >= 0.6 is 0 Å². The van der Waals surface area contributed by atoms with Gasteiger partial charge in [0.25, 0.3) is 10.0 Å². The summed E-state index contributed by atoms with van der Waals surface area (Å²) in [4.78, 5) is 11.4. The van der Waals surface area contributed by atoms with Crippen LogP contribution in [0.2, 0.25) is 0 Å². The number of ether oxygens (including phenoxy) is 1. The summed E-state index contributed by atoms with van der Waals surface area (Å²) in [7, 11) is -4.45. The summed E-state index contributed by atoms with van der Waals surface area (Å²) in [5.74, 6) is -1.63. The number of hydrogen-bond acceptors (Lipinski definition) is 4. The second-order valence-corrected chi connectivity index (χ2v) is 7.18. The van der Waals surface area contributed by atoms with Crippen molar-refractivity contribution < 1.29 is 35.5 Å². The lowest BCUT2D eigenvalue weighted by Gasteiger charge is -2.24. The lowest BCUT2D eigenvalue weighted by molar-refractivity contribution is -0.141. The molecule has 0 spiro atoms. The monoisotopic (exact) mass is 405 g/mol. The van der Waals surface area contributed by atoms with E-state index in [1.165, 1.54) is 6.92 Å². The van der Waals surface area contributed by atoms with Gasteiger partial charge in [0, 0.05) is 0 Å². The molecule has 2 rings (SSSR count). The number of alkyl halides is 3. The van der Waals surface area contributed by atoms with E-state index < -0.39 is 40.1 Å². The Balaban J connectivity index is 2.55. The Morgan fingerprint density at radius 3 is 2.30 bits per heavy atom. The van der Waals surface area contributed by atoms with Gasteiger partial charge in [0.05, 0.1) is 22.8 Å². The summed E-state index contributed by atoms with van der Waals surface area (Å²) in [6, 6.07) is 7.22. The minimum atomic E-state index is -4.70. The largest absolute Gasteiger partial charge is 0.465 e. The standard InChI is InChI=1S/C17H15F4NO4S/c1-2-26-16(23)11-22(14-5-3-4-12(10-14)17(19,20)21)27(24,25)15-8-6-13(18)7-9-15/h3-10H,2,11H2,1H3. The smallest absolute Gasteiger partial charge is 0.416 e. The molecule has 0 amide bonds. The number of hydrogen-bond donors (Lipinski definition) is 0. The highest BCUT2D eigenvalue weighted by Gasteiger charge is 2.33. The summed E-state index contributed by atoms with van der Waals surface area (Å²) in [6.45, 7) is 0.627. The Morgan fingerprint density at radius 1 is 1.11 bits per heavy atom. The van der Waals surface area contributed by atoms with Crippen LogP contribution in [-0.4, -0.2) is 27.5 Å². The highest BCUT2D eigenvalue weighted by Crippen LogP contribution is 2.33. The number of benzene rings is 2. The Kier molecular flexibility index (Phi) is 6.09. The number of esters is 1. The van der Waals surface area contributed by atoms with E-state index in [1.54, 1.807) is 0 Å². The molecule has 2 aromatic rings. The minimum Gasteiger partial charge on any atom is -0.465 e. The van der Waals surface area contributed by atoms with Crippen molar-refractivity contribution in [2.75, 3.05) is 17.5 Å². The molecule has 0 unspecified atom stereocenters. The van der Waals surface area contributed by atoms with E-state index in [9.17, 15) is 30.8 Å². The molecule has 0 aliphatic rings. The van der Waals surface area contributed by atoms with Gasteiger partial charge in [-0.15, -0.1) is 0 Å². The van der Waals surface area contributed by atoms with Gasteiger partial charge in [-0.1, -0.05) is 6.07 Å². The average molecular weight is 405 g/mol. The van der Waals surface area contributed by atoms with Gasteiger partial charge in [0.15, 0.2) is 0 Å². The SMILES string of the molecule is CCOC(=O)CN(c1cccc(C(F)(F)F)c1)S(=O)(=O)c1ccc(F)cc1. The molecule has 27 heavy (non-hydrogen) atoms. The normalized spacial score (nSPS) is 11.9. The van der Waals surface area contributed by atoms with Crippen molar-refractivity contribution in [2.24, 2.45) is 0 Å². The first-order valence-corrected chi connectivity index (χ1v) is 9.11. The Morgan fingerprint density at radius 2 is 1.74 bits per heavy atom. The second kappa shape index (κ2) is 7.95.